The number of aliphatic hydroxyl groups excluding tert-OH is 2. The van der Waals surface area contributed by atoms with Gasteiger partial charge in [-0.05, 0) is 38.0 Å². The Morgan fingerprint density at radius 1 is 1.41 bits per heavy atom. The summed E-state index contributed by atoms with van der Waals surface area (Å²) in [4.78, 5) is 11.3. The molecule has 6 heteroatoms. The lowest BCUT2D eigenvalue weighted by Crippen LogP contribution is -2.26. The lowest BCUT2D eigenvalue weighted by Gasteiger charge is -2.22. The number of unbranched alkanes of at least 4 members (excludes halogenated alkanes) is 1. The zero-order valence-corrected chi connectivity index (χ0v) is 19.5. The highest BCUT2D eigenvalue weighted by atomic mass is 127. The minimum Gasteiger partial charge on any atom is -0.392 e. The first-order valence-corrected chi connectivity index (χ1v) is 12.0. The number of terminal acetylenes is 1. The van der Waals surface area contributed by atoms with Crippen molar-refractivity contribution >= 4 is 28.4 Å². The molecule has 3 N–H and O–H groups in total. The smallest absolute Gasteiger partial charge is 0.158 e. The molecule has 1 saturated heterocycles. The summed E-state index contributed by atoms with van der Waals surface area (Å²) >= 11 is 2.40. The molecule has 1 heterocycles. The molecule has 0 bridgehead atoms. The summed E-state index contributed by atoms with van der Waals surface area (Å²) in [5.74, 6) is 2.71. The van der Waals surface area contributed by atoms with Gasteiger partial charge in [-0.25, -0.2) is 0 Å². The van der Waals surface area contributed by atoms with Crippen molar-refractivity contribution in [3.05, 3.63) is 12.2 Å². The number of alkyl halides is 1. The third-order valence-electron chi connectivity index (χ3n) is 6.29. The summed E-state index contributed by atoms with van der Waals surface area (Å²) in [6.07, 6.45) is 15.7. The van der Waals surface area contributed by atoms with Gasteiger partial charge in [-0.2, -0.15) is 0 Å². The van der Waals surface area contributed by atoms with Gasteiger partial charge in [0.25, 0.3) is 0 Å². The van der Waals surface area contributed by atoms with Crippen LogP contribution in [0.4, 0.5) is 0 Å². The molecule has 29 heavy (non-hydrogen) atoms. The Kier molecular flexibility index (Phi) is 10.1. The molecule has 1 saturated carbocycles. The van der Waals surface area contributed by atoms with Gasteiger partial charge in [0.15, 0.2) is 5.78 Å². The molecule has 164 valence electrons. The number of hydrogen-bond acceptors (Lipinski definition) is 5. The summed E-state index contributed by atoms with van der Waals surface area (Å²) in [6.45, 7) is 1.69. The van der Waals surface area contributed by atoms with Gasteiger partial charge < -0.3 is 20.1 Å². The van der Waals surface area contributed by atoms with Crippen molar-refractivity contribution in [3.8, 4) is 12.3 Å². The van der Waals surface area contributed by atoms with Gasteiger partial charge in [0.05, 0.1) is 18.3 Å². The van der Waals surface area contributed by atoms with Gasteiger partial charge in [0.2, 0.25) is 0 Å². The number of ether oxygens (including phenoxy) is 1. The fraction of sp³-hybridized carbons (Fsp3) is 0.783. The zero-order chi connectivity index (χ0) is 21.4. The van der Waals surface area contributed by atoms with E-state index in [4.69, 9.17) is 16.3 Å². The van der Waals surface area contributed by atoms with Crippen LogP contribution in [0, 0.1) is 24.2 Å². The number of rotatable bonds is 12. The molecule has 5 nitrogen and oxygen atoms in total. The number of ketones is 1. The van der Waals surface area contributed by atoms with Crippen LogP contribution in [0.15, 0.2) is 12.2 Å². The Bertz CT molecular complexity index is 601. The molecule has 1 aliphatic heterocycles. The van der Waals surface area contributed by atoms with E-state index in [2.05, 4.69) is 35.4 Å². The molecule has 1 aliphatic carbocycles. The van der Waals surface area contributed by atoms with Crippen molar-refractivity contribution in [1.29, 1.82) is 0 Å². The largest absolute Gasteiger partial charge is 0.392 e. The van der Waals surface area contributed by atoms with E-state index < -0.39 is 11.7 Å². The Labute approximate surface area is 188 Å². The van der Waals surface area contributed by atoms with Gasteiger partial charge in [-0.1, -0.05) is 54.0 Å². The average molecular weight is 518 g/mol. The van der Waals surface area contributed by atoms with Crippen molar-refractivity contribution in [1.82, 2.24) is 0 Å². The van der Waals surface area contributed by atoms with Crippen LogP contribution in [0.5, 0.6) is 0 Å². The van der Waals surface area contributed by atoms with Crippen LogP contribution in [-0.4, -0.2) is 55.5 Å². The monoisotopic (exact) mass is 518 g/mol. The standard InChI is InChI=1S/C23H35IO5/c1-3-5-11-23(28,4-2)12-7-9-17-18-13-22(29-21(18)14-20(17)27)19(24)10-6-8-16(26)15-25/h2,7,9,17-22,25,27-28H,3,5-6,8,10-15H2,1H3/t17-,18-,19?,20-,21-,22-,23?/m1/s1. The van der Waals surface area contributed by atoms with E-state index in [1.54, 1.807) is 0 Å². The number of halogens is 1. The van der Waals surface area contributed by atoms with Crippen LogP contribution < -0.4 is 0 Å². The lowest BCUT2D eigenvalue weighted by molar-refractivity contribution is -0.121. The number of fused-ring (bicyclic) bond motifs is 1. The van der Waals surface area contributed by atoms with E-state index in [0.29, 0.717) is 29.6 Å². The van der Waals surface area contributed by atoms with Gasteiger partial charge in [-0.15, -0.1) is 6.42 Å². The minimum absolute atomic E-state index is 0.0257. The summed E-state index contributed by atoms with van der Waals surface area (Å²) in [6, 6.07) is 0. The first-order chi connectivity index (χ1) is 13.8. The van der Waals surface area contributed by atoms with Crippen molar-refractivity contribution in [3.63, 3.8) is 0 Å². The van der Waals surface area contributed by atoms with Crippen LogP contribution in [0.2, 0.25) is 0 Å². The van der Waals surface area contributed by atoms with Crippen molar-refractivity contribution in [2.75, 3.05) is 6.61 Å². The van der Waals surface area contributed by atoms with E-state index in [-0.39, 0.29) is 36.4 Å². The van der Waals surface area contributed by atoms with Gasteiger partial charge in [0, 0.05) is 29.1 Å². The molecule has 0 radical (unpaired) electrons. The van der Waals surface area contributed by atoms with Crippen molar-refractivity contribution in [2.24, 2.45) is 11.8 Å². The number of hydrogen-bond donors (Lipinski definition) is 3. The maximum absolute atomic E-state index is 11.3. The van der Waals surface area contributed by atoms with Crippen LogP contribution in [0.3, 0.4) is 0 Å². The number of carbonyl (C=O) groups is 1. The fourth-order valence-electron chi connectivity index (χ4n) is 4.50. The Morgan fingerprint density at radius 2 is 2.17 bits per heavy atom. The van der Waals surface area contributed by atoms with Crippen LogP contribution in [0.1, 0.15) is 64.7 Å². The lowest BCUT2D eigenvalue weighted by atomic mass is 9.87. The Balaban J connectivity index is 1.87. The van der Waals surface area contributed by atoms with Crippen LogP contribution in [-0.2, 0) is 9.53 Å². The third-order valence-corrected chi connectivity index (χ3v) is 7.71. The van der Waals surface area contributed by atoms with Gasteiger partial charge in [0.1, 0.15) is 12.2 Å². The average Bonchev–Trinajstić information content (AvgIpc) is 3.24. The molecular weight excluding hydrogens is 483 g/mol. The molecule has 2 rings (SSSR count). The summed E-state index contributed by atoms with van der Waals surface area (Å²) in [5, 5.41) is 29.8. The maximum Gasteiger partial charge on any atom is 0.158 e. The fourth-order valence-corrected chi connectivity index (χ4v) is 5.41. The second-order valence-electron chi connectivity index (χ2n) is 8.51. The highest BCUT2D eigenvalue weighted by Crippen LogP contribution is 2.46. The highest BCUT2D eigenvalue weighted by molar-refractivity contribution is 14.1. The summed E-state index contributed by atoms with van der Waals surface area (Å²) < 4.78 is 6.55. The van der Waals surface area contributed by atoms with E-state index in [1.165, 1.54) is 0 Å². The number of Topliss-reactive ketones (excluding diaryl/α,β-unsaturated/α-hetero) is 1. The van der Waals surface area contributed by atoms with E-state index >= 15 is 0 Å². The highest BCUT2D eigenvalue weighted by Gasteiger charge is 2.49. The molecule has 7 atom stereocenters. The molecule has 0 amide bonds. The van der Waals surface area contributed by atoms with Crippen molar-refractivity contribution in [2.45, 2.75) is 92.5 Å². The molecule has 0 aromatic heterocycles. The molecule has 0 aromatic carbocycles. The first-order valence-electron chi connectivity index (χ1n) is 10.8. The molecular formula is C23H35IO5. The maximum atomic E-state index is 11.3. The summed E-state index contributed by atoms with van der Waals surface area (Å²) in [7, 11) is 0. The minimum atomic E-state index is -1.11. The van der Waals surface area contributed by atoms with Crippen LogP contribution >= 0.6 is 22.6 Å². The van der Waals surface area contributed by atoms with E-state index in [9.17, 15) is 15.0 Å². The number of carbonyl (C=O) groups excluding carboxylic acids is 1. The predicted molar refractivity (Wildman–Crippen MR) is 122 cm³/mol. The molecule has 2 unspecified atom stereocenters. The topological polar surface area (TPSA) is 87.0 Å². The molecule has 2 fully saturated rings. The van der Waals surface area contributed by atoms with E-state index in [1.807, 2.05) is 12.2 Å². The number of aliphatic hydroxyl groups is 3. The molecule has 2 aliphatic rings. The van der Waals surface area contributed by atoms with Crippen molar-refractivity contribution < 1.29 is 24.9 Å². The Morgan fingerprint density at radius 3 is 2.83 bits per heavy atom. The van der Waals surface area contributed by atoms with Gasteiger partial charge in [-0.3, -0.25) is 4.79 Å². The van der Waals surface area contributed by atoms with E-state index in [0.717, 1.165) is 32.1 Å². The first kappa shape index (κ1) is 24.8. The molecule has 0 aromatic rings. The zero-order valence-electron chi connectivity index (χ0n) is 17.3. The Hall–Kier alpha value is -0.460. The third kappa shape index (κ3) is 7.03. The van der Waals surface area contributed by atoms with Gasteiger partial charge >= 0.3 is 0 Å². The summed E-state index contributed by atoms with van der Waals surface area (Å²) in [5.41, 5.74) is -1.11. The second kappa shape index (κ2) is 11.8. The predicted octanol–water partition coefficient (Wildman–Crippen LogP) is 3.18. The second-order valence-corrected chi connectivity index (χ2v) is 10.1. The quantitative estimate of drug-likeness (QED) is 0.160. The normalized spacial score (nSPS) is 32.1. The molecule has 0 spiro atoms. The SMILES string of the molecule is C#CC(O)(CC=C[C@@H]1[C@H]2C[C@H](C(I)CCCC(=O)CO)O[C@@H]2C[C@H]1O)CCCC. The van der Waals surface area contributed by atoms with Crippen LogP contribution in [0.25, 0.3) is 0 Å².